The number of rotatable bonds is 6. The first-order chi connectivity index (χ1) is 15.0. The molecule has 5 nitrogen and oxygen atoms in total. The summed E-state index contributed by atoms with van der Waals surface area (Å²) in [5, 5.41) is 0.434. The first kappa shape index (κ1) is 24.7. The topological polar surface area (TPSA) is 63.7 Å². The summed E-state index contributed by atoms with van der Waals surface area (Å²) in [5.41, 5.74) is 0.506. The van der Waals surface area contributed by atoms with E-state index in [1.54, 1.807) is 19.9 Å². The molecular formula is C24H29ClFNO4S. The fourth-order valence-corrected chi connectivity index (χ4v) is 6.38. The van der Waals surface area contributed by atoms with Gasteiger partial charge in [0.05, 0.1) is 10.6 Å². The lowest BCUT2D eigenvalue weighted by Gasteiger charge is -2.37. The molecule has 1 aliphatic rings. The number of amides is 1. The van der Waals surface area contributed by atoms with E-state index in [0.29, 0.717) is 10.6 Å². The Hall–Kier alpha value is -1.96. The summed E-state index contributed by atoms with van der Waals surface area (Å²) in [4.78, 5) is 14.3. The molecule has 0 aromatic heterocycles. The van der Waals surface area contributed by atoms with Crippen LogP contribution in [0.2, 0.25) is 5.02 Å². The van der Waals surface area contributed by atoms with Crippen LogP contribution in [0, 0.1) is 11.7 Å². The number of carbonyl (C=O) groups excluding carboxylic acids is 1. The number of halogens is 2. The number of anilines is 1. The third-order valence-corrected chi connectivity index (χ3v) is 8.74. The highest BCUT2D eigenvalue weighted by atomic mass is 35.5. The Kier molecular flexibility index (Phi) is 7.32. The second kappa shape index (κ2) is 9.49. The average molecular weight is 482 g/mol. The summed E-state index contributed by atoms with van der Waals surface area (Å²) in [7, 11) is -3.88. The Morgan fingerprint density at radius 2 is 1.66 bits per heavy atom. The SMILES string of the molecule is CC(C)C(=O)N(c1ccc(C2(S(=O)(=O)c3ccc(Cl)cc3)CCOCC2)cc1F)C(C)C. The number of nitrogens with zero attached hydrogens (tertiary/aromatic N) is 1. The molecule has 1 saturated heterocycles. The maximum Gasteiger partial charge on any atom is 0.229 e. The zero-order valence-electron chi connectivity index (χ0n) is 18.8. The minimum absolute atomic E-state index is 0.132. The first-order valence-electron chi connectivity index (χ1n) is 10.7. The second-order valence-electron chi connectivity index (χ2n) is 8.69. The summed E-state index contributed by atoms with van der Waals surface area (Å²) in [6.45, 7) is 7.66. The van der Waals surface area contributed by atoms with Crippen LogP contribution in [0.15, 0.2) is 47.4 Å². The number of ether oxygens (including phenoxy) is 1. The van der Waals surface area contributed by atoms with Crippen molar-refractivity contribution in [3.63, 3.8) is 0 Å². The van der Waals surface area contributed by atoms with Gasteiger partial charge in [-0.2, -0.15) is 0 Å². The van der Waals surface area contributed by atoms with Crippen molar-refractivity contribution in [2.75, 3.05) is 18.1 Å². The molecule has 3 rings (SSSR count). The largest absolute Gasteiger partial charge is 0.381 e. The van der Waals surface area contributed by atoms with E-state index < -0.39 is 20.4 Å². The number of carbonyl (C=O) groups is 1. The van der Waals surface area contributed by atoms with E-state index in [0.717, 1.165) is 0 Å². The van der Waals surface area contributed by atoms with Crippen LogP contribution in [0.1, 0.15) is 46.1 Å². The van der Waals surface area contributed by atoms with Crippen LogP contribution in [-0.4, -0.2) is 33.6 Å². The first-order valence-corrected chi connectivity index (χ1v) is 12.6. The molecule has 0 spiro atoms. The van der Waals surface area contributed by atoms with Gasteiger partial charge < -0.3 is 9.64 Å². The monoisotopic (exact) mass is 481 g/mol. The van der Waals surface area contributed by atoms with E-state index in [1.165, 1.54) is 41.3 Å². The fraction of sp³-hybridized carbons (Fsp3) is 0.458. The van der Waals surface area contributed by atoms with Crippen molar-refractivity contribution >= 4 is 33.0 Å². The number of sulfone groups is 1. The van der Waals surface area contributed by atoms with Gasteiger partial charge in [-0.25, -0.2) is 12.8 Å². The highest BCUT2D eigenvalue weighted by Gasteiger charge is 2.47. The minimum atomic E-state index is -3.88. The molecule has 0 unspecified atom stereocenters. The Morgan fingerprint density at radius 3 is 2.16 bits per heavy atom. The van der Waals surface area contributed by atoms with Gasteiger partial charge in [0.2, 0.25) is 5.91 Å². The molecule has 1 fully saturated rings. The van der Waals surface area contributed by atoms with E-state index >= 15 is 4.39 Å². The molecule has 8 heteroatoms. The lowest BCUT2D eigenvalue weighted by atomic mass is 9.90. The van der Waals surface area contributed by atoms with Gasteiger partial charge >= 0.3 is 0 Å². The maximum atomic E-state index is 15.4. The van der Waals surface area contributed by atoms with E-state index in [2.05, 4.69) is 0 Å². The molecule has 174 valence electrons. The van der Waals surface area contributed by atoms with E-state index in [9.17, 15) is 13.2 Å². The molecule has 2 aromatic rings. The van der Waals surface area contributed by atoms with Crippen molar-refractivity contribution in [1.82, 2.24) is 0 Å². The van der Waals surface area contributed by atoms with Gasteiger partial charge in [0.1, 0.15) is 10.6 Å². The highest BCUT2D eigenvalue weighted by molar-refractivity contribution is 7.92. The molecule has 0 radical (unpaired) electrons. The van der Waals surface area contributed by atoms with Gasteiger partial charge in [-0.15, -0.1) is 0 Å². The van der Waals surface area contributed by atoms with Crippen LogP contribution in [0.25, 0.3) is 0 Å². The lowest BCUT2D eigenvalue weighted by molar-refractivity contribution is -0.121. The van der Waals surface area contributed by atoms with Gasteiger partial charge in [-0.1, -0.05) is 31.5 Å². The molecular weight excluding hydrogens is 453 g/mol. The molecule has 1 heterocycles. The van der Waals surface area contributed by atoms with Gasteiger partial charge in [0.25, 0.3) is 0 Å². The summed E-state index contributed by atoms with van der Waals surface area (Å²) in [6, 6.07) is 10.2. The second-order valence-corrected chi connectivity index (χ2v) is 11.4. The summed E-state index contributed by atoms with van der Waals surface area (Å²) >= 11 is 5.94. The molecule has 0 atom stereocenters. The van der Waals surface area contributed by atoms with Crippen molar-refractivity contribution in [3.05, 3.63) is 58.9 Å². The van der Waals surface area contributed by atoms with Crippen LogP contribution in [-0.2, 0) is 24.1 Å². The summed E-state index contributed by atoms with van der Waals surface area (Å²) in [5.74, 6) is -1.12. The summed E-state index contributed by atoms with van der Waals surface area (Å²) in [6.07, 6.45) is 0.408. The van der Waals surface area contributed by atoms with E-state index in [-0.39, 0.29) is 54.5 Å². The van der Waals surface area contributed by atoms with Gasteiger partial charge in [0.15, 0.2) is 9.84 Å². The molecule has 0 aliphatic carbocycles. The normalized spacial score (nSPS) is 16.4. The van der Waals surface area contributed by atoms with Crippen molar-refractivity contribution in [3.8, 4) is 0 Å². The van der Waals surface area contributed by atoms with E-state index in [1.807, 2.05) is 13.8 Å². The standard InChI is InChI=1S/C24H29ClFNO4S/c1-16(2)23(28)27(17(3)4)22-10-5-18(15-21(22)26)24(11-13-31-14-12-24)32(29,30)20-8-6-19(25)7-9-20/h5-10,15-17H,11-14H2,1-4H3. The average Bonchev–Trinajstić information content (AvgIpc) is 2.75. The van der Waals surface area contributed by atoms with Crippen molar-refractivity contribution in [2.45, 2.75) is 56.2 Å². The predicted octanol–water partition coefficient (Wildman–Crippen LogP) is 5.36. The molecule has 32 heavy (non-hydrogen) atoms. The van der Waals surface area contributed by atoms with Gasteiger partial charge in [-0.3, -0.25) is 4.79 Å². The van der Waals surface area contributed by atoms with Gasteiger partial charge in [-0.05, 0) is 68.7 Å². The molecule has 2 aromatic carbocycles. The number of benzene rings is 2. The Balaban J connectivity index is 2.13. The zero-order chi connectivity index (χ0) is 23.7. The molecule has 1 amide bonds. The molecule has 0 saturated carbocycles. The van der Waals surface area contributed by atoms with Crippen molar-refractivity contribution in [2.24, 2.45) is 5.92 Å². The predicted molar refractivity (Wildman–Crippen MR) is 124 cm³/mol. The van der Waals surface area contributed by atoms with Crippen LogP contribution < -0.4 is 4.90 Å². The number of hydrogen-bond acceptors (Lipinski definition) is 4. The third kappa shape index (κ3) is 4.43. The van der Waals surface area contributed by atoms with Crippen molar-refractivity contribution in [1.29, 1.82) is 0 Å². The number of hydrogen-bond donors (Lipinski definition) is 0. The van der Waals surface area contributed by atoms with Crippen molar-refractivity contribution < 1.29 is 22.3 Å². The van der Waals surface area contributed by atoms with Crippen LogP contribution in [0.3, 0.4) is 0 Å². The molecule has 0 bridgehead atoms. The zero-order valence-corrected chi connectivity index (χ0v) is 20.3. The molecule has 1 aliphatic heterocycles. The third-order valence-electron chi connectivity index (χ3n) is 5.92. The minimum Gasteiger partial charge on any atom is -0.381 e. The highest BCUT2D eigenvalue weighted by Crippen LogP contribution is 2.44. The van der Waals surface area contributed by atoms with Crippen LogP contribution in [0.4, 0.5) is 10.1 Å². The van der Waals surface area contributed by atoms with Gasteiger partial charge in [0, 0.05) is 30.2 Å². The Bertz CT molecular complexity index is 1080. The Labute approximate surface area is 194 Å². The van der Waals surface area contributed by atoms with Crippen LogP contribution >= 0.6 is 11.6 Å². The fourth-order valence-electron chi connectivity index (χ4n) is 4.17. The quantitative estimate of drug-likeness (QED) is 0.557. The maximum absolute atomic E-state index is 15.4. The lowest BCUT2D eigenvalue weighted by Crippen LogP contribution is -2.42. The smallest absolute Gasteiger partial charge is 0.229 e. The summed E-state index contributed by atoms with van der Waals surface area (Å²) < 4.78 is 47.1. The Morgan fingerprint density at radius 1 is 1.06 bits per heavy atom. The van der Waals surface area contributed by atoms with E-state index in [4.69, 9.17) is 16.3 Å². The molecule has 0 N–H and O–H groups in total. The van der Waals surface area contributed by atoms with Crippen LogP contribution in [0.5, 0.6) is 0 Å².